The zero-order chi connectivity index (χ0) is 22.0. The SMILES string of the molecule is CNc1nc2[nH]c(-c3cccc([C@H](CCO)NC(=O)COC)n3)cc2c2c1ncn2C. The van der Waals surface area contributed by atoms with E-state index in [1.165, 1.54) is 7.11 Å². The molecule has 1 amide bonds. The van der Waals surface area contributed by atoms with Crippen molar-refractivity contribution in [3.05, 3.63) is 36.3 Å². The van der Waals surface area contributed by atoms with Crippen molar-refractivity contribution in [3.8, 4) is 11.4 Å². The van der Waals surface area contributed by atoms with Crippen LogP contribution in [0.25, 0.3) is 33.5 Å². The van der Waals surface area contributed by atoms with E-state index in [1.54, 1.807) is 6.33 Å². The topological polar surface area (TPSA) is 130 Å². The van der Waals surface area contributed by atoms with Crippen molar-refractivity contribution in [2.75, 3.05) is 32.7 Å². The Morgan fingerprint density at radius 2 is 2.19 bits per heavy atom. The maximum absolute atomic E-state index is 12.0. The molecule has 0 aliphatic heterocycles. The van der Waals surface area contributed by atoms with Gasteiger partial charge in [-0.2, -0.15) is 0 Å². The largest absolute Gasteiger partial charge is 0.396 e. The lowest BCUT2D eigenvalue weighted by atomic mass is 10.1. The van der Waals surface area contributed by atoms with E-state index in [2.05, 4.69) is 25.6 Å². The number of aromatic nitrogens is 5. The number of nitrogens with one attached hydrogen (secondary N) is 3. The number of hydrogen-bond acceptors (Lipinski definition) is 7. The van der Waals surface area contributed by atoms with E-state index in [0.29, 0.717) is 23.6 Å². The van der Waals surface area contributed by atoms with Crippen LogP contribution in [-0.4, -0.2) is 62.9 Å². The molecule has 10 heteroatoms. The second kappa shape index (κ2) is 8.70. The summed E-state index contributed by atoms with van der Waals surface area (Å²) in [6, 6.07) is 7.18. The van der Waals surface area contributed by atoms with Crippen LogP contribution in [0.5, 0.6) is 0 Å². The number of imidazole rings is 1. The number of nitrogens with zero attached hydrogens (tertiary/aromatic N) is 4. The maximum Gasteiger partial charge on any atom is 0.246 e. The highest BCUT2D eigenvalue weighted by atomic mass is 16.5. The molecule has 4 N–H and O–H groups in total. The van der Waals surface area contributed by atoms with E-state index in [1.807, 2.05) is 42.9 Å². The molecule has 0 unspecified atom stereocenters. The van der Waals surface area contributed by atoms with E-state index in [4.69, 9.17) is 9.72 Å². The third kappa shape index (κ3) is 3.94. The van der Waals surface area contributed by atoms with Crippen LogP contribution in [0.3, 0.4) is 0 Å². The van der Waals surface area contributed by atoms with Gasteiger partial charge in [0, 0.05) is 33.2 Å². The quantitative estimate of drug-likeness (QED) is 0.340. The first-order valence-electron chi connectivity index (χ1n) is 9.93. The molecule has 0 aromatic carbocycles. The van der Waals surface area contributed by atoms with Crippen molar-refractivity contribution >= 4 is 33.8 Å². The average Bonchev–Trinajstić information content (AvgIpc) is 3.36. The Hall–Kier alpha value is -3.50. The number of methoxy groups -OCH3 is 1. The number of aliphatic hydroxyl groups excluding tert-OH is 1. The fraction of sp³-hybridized carbons (Fsp3) is 0.333. The minimum Gasteiger partial charge on any atom is -0.396 e. The Balaban J connectivity index is 1.75. The first-order valence-corrected chi connectivity index (χ1v) is 9.93. The number of hydrogen-bond donors (Lipinski definition) is 4. The van der Waals surface area contributed by atoms with E-state index in [-0.39, 0.29) is 19.1 Å². The normalized spacial score (nSPS) is 12.4. The first kappa shape index (κ1) is 20.8. The Bertz CT molecular complexity index is 1230. The van der Waals surface area contributed by atoms with Crippen LogP contribution in [0, 0.1) is 0 Å². The molecular formula is C21H25N7O3. The monoisotopic (exact) mass is 423 g/mol. The highest BCUT2D eigenvalue weighted by Crippen LogP contribution is 2.31. The van der Waals surface area contributed by atoms with E-state index >= 15 is 0 Å². The number of ether oxygens (including phenoxy) is 1. The molecule has 4 aromatic heterocycles. The molecule has 0 fully saturated rings. The lowest BCUT2D eigenvalue weighted by Gasteiger charge is -2.17. The summed E-state index contributed by atoms with van der Waals surface area (Å²) in [4.78, 5) is 29.2. The summed E-state index contributed by atoms with van der Waals surface area (Å²) >= 11 is 0. The van der Waals surface area contributed by atoms with Gasteiger partial charge in [-0.15, -0.1) is 0 Å². The van der Waals surface area contributed by atoms with Gasteiger partial charge in [0.15, 0.2) is 5.82 Å². The van der Waals surface area contributed by atoms with Crippen molar-refractivity contribution in [1.82, 2.24) is 29.8 Å². The van der Waals surface area contributed by atoms with Crippen LogP contribution < -0.4 is 10.6 Å². The molecule has 31 heavy (non-hydrogen) atoms. The van der Waals surface area contributed by atoms with Crippen molar-refractivity contribution in [3.63, 3.8) is 0 Å². The van der Waals surface area contributed by atoms with Crippen LogP contribution in [-0.2, 0) is 16.6 Å². The predicted octanol–water partition coefficient (Wildman–Crippen LogP) is 1.74. The Morgan fingerprint density at radius 1 is 1.35 bits per heavy atom. The van der Waals surface area contributed by atoms with E-state index in [9.17, 15) is 9.90 Å². The van der Waals surface area contributed by atoms with Crippen LogP contribution in [0.15, 0.2) is 30.6 Å². The van der Waals surface area contributed by atoms with Crippen LogP contribution in [0.2, 0.25) is 0 Å². The van der Waals surface area contributed by atoms with Gasteiger partial charge in [-0.25, -0.2) is 15.0 Å². The molecule has 4 rings (SSSR count). The average molecular weight is 423 g/mol. The zero-order valence-electron chi connectivity index (χ0n) is 17.6. The lowest BCUT2D eigenvalue weighted by molar-refractivity contribution is -0.125. The summed E-state index contributed by atoms with van der Waals surface area (Å²) in [5.41, 5.74) is 4.66. The number of amides is 1. The van der Waals surface area contributed by atoms with Crippen molar-refractivity contribution in [1.29, 1.82) is 0 Å². The Kier molecular flexibility index (Phi) is 5.83. The number of aryl methyl sites for hydroxylation is 1. The van der Waals surface area contributed by atoms with Crippen molar-refractivity contribution in [2.24, 2.45) is 7.05 Å². The standard InChI is InChI=1S/C21H25N7O3/c1-22-21-18-19(28(2)11-23-18)12-9-16(26-20(12)27-21)14-6-4-5-13(24-14)15(7-8-29)25-17(30)10-31-3/h4-6,9,11,15,29H,7-8,10H2,1-3H3,(H,25,30)(H2,22,26,27)/t15-/m0/s1. The van der Waals surface area contributed by atoms with Gasteiger partial charge in [0.2, 0.25) is 5.91 Å². The molecule has 0 radical (unpaired) electrons. The number of carbonyl (C=O) groups is 1. The van der Waals surface area contributed by atoms with Gasteiger partial charge in [0.25, 0.3) is 0 Å². The smallest absolute Gasteiger partial charge is 0.246 e. The predicted molar refractivity (Wildman–Crippen MR) is 118 cm³/mol. The molecule has 0 aliphatic rings. The number of pyridine rings is 2. The van der Waals surface area contributed by atoms with Crippen LogP contribution >= 0.6 is 0 Å². The molecule has 4 heterocycles. The molecule has 0 aliphatic carbocycles. The van der Waals surface area contributed by atoms with E-state index in [0.717, 1.165) is 27.8 Å². The van der Waals surface area contributed by atoms with Gasteiger partial charge in [0.05, 0.1) is 35.0 Å². The highest BCUT2D eigenvalue weighted by Gasteiger charge is 2.18. The van der Waals surface area contributed by atoms with Crippen molar-refractivity contribution in [2.45, 2.75) is 12.5 Å². The second-order valence-electron chi connectivity index (χ2n) is 7.22. The number of fused-ring (bicyclic) bond motifs is 3. The number of rotatable bonds is 8. The number of anilines is 1. The third-order valence-electron chi connectivity index (χ3n) is 5.11. The number of H-pyrrole nitrogens is 1. The Morgan fingerprint density at radius 3 is 2.94 bits per heavy atom. The van der Waals surface area contributed by atoms with Crippen molar-refractivity contribution < 1.29 is 14.6 Å². The minimum atomic E-state index is -0.422. The van der Waals surface area contributed by atoms with Gasteiger partial charge in [-0.05, 0) is 24.6 Å². The van der Waals surface area contributed by atoms with Gasteiger partial charge in [0.1, 0.15) is 17.8 Å². The fourth-order valence-electron chi connectivity index (χ4n) is 3.70. The van der Waals surface area contributed by atoms with Gasteiger partial charge < -0.3 is 30.0 Å². The lowest BCUT2D eigenvalue weighted by Crippen LogP contribution is -2.32. The first-order chi connectivity index (χ1) is 15.0. The second-order valence-corrected chi connectivity index (χ2v) is 7.22. The van der Waals surface area contributed by atoms with E-state index < -0.39 is 6.04 Å². The Labute approximate surface area is 178 Å². The molecule has 0 saturated heterocycles. The molecular weight excluding hydrogens is 398 g/mol. The summed E-state index contributed by atoms with van der Waals surface area (Å²) in [6.07, 6.45) is 2.11. The molecule has 0 spiro atoms. The third-order valence-corrected chi connectivity index (χ3v) is 5.11. The van der Waals surface area contributed by atoms with Gasteiger partial charge >= 0.3 is 0 Å². The molecule has 4 aromatic rings. The summed E-state index contributed by atoms with van der Waals surface area (Å²) in [7, 11) is 5.22. The fourth-order valence-corrected chi connectivity index (χ4v) is 3.70. The molecule has 0 saturated carbocycles. The van der Waals surface area contributed by atoms with Gasteiger partial charge in [-0.1, -0.05) is 6.07 Å². The van der Waals surface area contributed by atoms with Crippen LogP contribution in [0.1, 0.15) is 18.2 Å². The number of aliphatic hydroxyl groups is 1. The summed E-state index contributed by atoms with van der Waals surface area (Å²) < 4.78 is 6.85. The molecule has 10 nitrogen and oxygen atoms in total. The number of aromatic amines is 1. The highest BCUT2D eigenvalue weighted by molar-refractivity contribution is 6.07. The summed E-state index contributed by atoms with van der Waals surface area (Å²) in [5, 5.41) is 16.3. The summed E-state index contributed by atoms with van der Waals surface area (Å²) in [5.74, 6) is 0.434. The molecule has 162 valence electrons. The zero-order valence-corrected chi connectivity index (χ0v) is 17.6. The summed E-state index contributed by atoms with van der Waals surface area (Å²) in [6.45, 7) is -0.130. The van der Waals surface area contributed by atoms with Gasteiger partial charge in [-0.3, -0.25) is 4.79 Å². The molecule has 0 bridgehead atoms. The maximum atomic E-state index is 12.0. The van der Waals surface area contributed by atoms with Crippen LogP contribution in [0.4, 0.5) is 5.82 Å². The molecule has 1 atom stereocenters. The number of carbonyl (C=O) groups excluding carboxylic acids is 1. The minimum absolute atomic E-state index is 0.0518.